The number of carbonyl (C=O) groups is 1. The molecular weight excluding hydrogens is 576 g/mol. The van der Waals surface area contributed by atoms with Crippen molar-refractivity contribution in [3.63, 3.8) is 0 Å². The van der Waals surface area contributed by atoms with Gasteiger partial charge in [0, 0.05) is 54.9 Å². The molecule has 9 nitrogen and oxygen atoms in total. The number of benzene rings is 2. The van der Waals surface area contributed by atoms with Crippen molar-refractivity contribution < 1.29 is 23.1 Å². The maximum Gasteiger partial charge on any atom is 0.328 e. The number of sulfonamides is 1. The first-order valence-electron chi connectivity index (χ1n) is 14.1. The number of nitrogens with one attached hydrogen (secondary N) is 2. The van der Waals surface area contributed by atoms with Gasteiger partial charge in [-0.1, -0.05) is 42.8 Å². The van der Waals surface area contributed by atoms with Crippen LogP contribution in [0.1, 0.15) is 49.3 Å². The standard InChI is InChI=1S/C31H35ClN4O5S/c1-2-16-34-30(37)35-42(39,40)28-9-3-8-27-26(28)21-22(25-7-4-17-33-29(25)41-27)6-5-18-36-19-14-31(38,15-20-36)23-10-12-24(32)13-11-23/h3-4,6-13,17,38H,2,5,14-16,18-21H2,1H3,(H2,34,35,37). The molecule has 3 N–H and O–H groups in total. The lowest BCUT2D eigenvalue weighted by atomic mass is 9.84. The minimum atomic E-state index is -4.16. The molecule has 0 saturated carbocycles. The molecule has 3 aromatic rings. The molecule has 42 heavy (non-hydrogen) atoms. The Kier molecular flexibility index (Phi) is 9.17. The van der Waals surface area contributed by atoms with Gasteiger partial charge in [0.1, 0.15) is 5.75 Å². The zero-order chi connectivity index (χ0) is 29.7. The smallest absolute Gasteiger partial charge is 0.328 e. The van der Waals surface area contributed by atoms with Crippen molar-refractivity contribution in [1.82, 2.24) is 19.9 Å². The first-order chi connectivity index (χ1) is 20.2. The average molecular weight is 611 g/mol. The molecule has 0 bridgehead atoms. The second kappa shape index (κ2) is 12.8. The molecular formula is C31H35ClN4O5S. The molecule has 222 valence electrons. The summed E-state index contributed by atoms with van der Waals surface area (Å²) >= 11 is 6.02. The zero-order valence-corrected chi connectivity index (χ0v) is 25.0. The number of hydrogen-bond acceptors (Lipinski definition) is 7. The van der Waals surface area contributed by atoms with Gasteiger partial charge in [0.05, 0.1) is 10.5 Å². The van der Waals surface area contributed by atoms with Crippen molar-refractivity contribution in [2.45, 2.75) is 49.5 Å². The van der Waals surface area contributed by atoms with Crippen LogP contribution in [0, 0.1) is 0 Å². The van der Waals surface area contributed by atoms with Gasteiger partial charge in [-0.25, -0.2) is 22.9 Å². The van der Waals surface area contributed by atoms with E-state index in [9.17, 15) is 18.3 Å². The summed E-state index contributed by atoms with van der Waals surface area (Å²) in [6, 6.07) is 15.2. The zero-order valence-electron chi connectivity index (χ0n) is 23.5. The molecule has 1 saturated heterocycles. The van der Waals surface area contributed by atoms with Crippen molar-refractivity contribution in [3.8, 4) is 11.6 Å². The van der Waals surface area contributed by atoms with Crippen LogP contribution in [0.5, 0.6) is 11.6 Å². The summed E-state index contributed by atoms with van der Waals surface area (Å²) in [5.74, 6) is 0.782. The fourth-order valence-electron chi connectivity index (χ4n) is 5.42. The number of halogens is 1. The molecule has 2 amide bonds. The monoisotopic (exact) mass is 610 g/mol. The molecule has 2 aliphatic rings. The van der Waals surface area contributed by atoms with Crippen LogP contribution in [-0.4, -0.2) is 55.6 Å². The number of urea groups is 1. The van der Waals surface area contributed by atoms with E-state index in [4.69, 9.17) is 16.3 Å². The van der Waals surface area contributed by atoms with Crippen LogP contribution in [0.2, 0.25) is 5.02 Å². The number of rotatable bonds is 8. The van der Waals surface area contributed by atoms with Gasteiger partial charge in [0.25, 0.3) is 10.0 Å². The minimum absolute atomic E-state index is 0.0112. The van der Waals surface area contributed by atoms with Gasteiger partial charge in [0.15, 0.2) is 0 Å². The predicted octanol–water partition coefficient (Wildman–Crippen LogP) is 5.24. The summed E-state index contributed by atoms with van der Waals surface area (Å²) in [6.07, 6.45) is 6.67. The van der Waals surface area contributed by atoms with Gasteiger partial charge in [-0.3, -0.25) is 0 Å². The molecule has 3 heterocycles. The summed E-state index contributed by atoms with van der Waals surface area (Å²) in [7, 11) is -4.16. The molecule has 2 aliphatic heterocycles. The van der Waals surface area contributed by atoms with Gasteiger partial charge in [0.2, 0.25) is 5.88 Å². The van der Waals surface area contributed by atoms with E-state index in [0.717, 1.165) is 36.3 Å². The molecule has 1 fully saturated rings. The normalized spacial score (nSPS) is 17.5. The van der Waals surface area contributed by atoms with Crippen LogP contribution in [0.15, 0.2) is 71.8 Å². The molecule has 0 unspecified atom stereocenters. The number of allylic oxidation sites excluding steroid dienone is 1. The highest BCUT2D eigenvalue weighted by Gasteiger charge is 2.34. The summed E-state index contributed by atoms with van der Waals surface area (Å²) < 4.78 is 34.8. The van der Waals surface area contributed by atoms with E-state index in [1.165, 1.54) is 6.07 Å². The molecule has 0 atom stereocenters. The fraction of sp³-hybridized carbons (Fsp3) is 0.355. The lowest BCUT2D eigenvalue weighted by Crippen LogP contribution is -2.42. The Morgan fingerprint density at radius 3 is 2.64 bits per heavy atom. The number of carbonyl (C=O) groups excluding carboxylic acids is 1. The summed E-state index contributed by atoms with van der Waals surface area (Å²) in [4.78, 5) is 18.9. The average Bonchev–Trinajstić information content (AvgIpc) is 3.13. The number of aromatic nitrogens is 1. The maximum absolute atomic E-state index is 13.3. The first kappa shape index (κ1) is 30.0. The number of aliphatic hydroxyl groups is 1. The van der Waals surface area contributed by atoms with Crippen molar-refractivity contribution in [2.24, 2.45) is 0 Å². The minimum Gasteiger partial charge on any atom is -0.438 e. The van der Waals surface area contributed by atoms with E-state index in [-0.39, 0.29) is 11.3 Å². The first-order valence-corrected chi connectivity index (χ1v) is 16.0. The highest BCUT2D eigenvalue weighted by molar-refractivity contribution is 7.90. The van der Waals surface area contributed by atoms with Crippen molar-refractivity contribution in [1.29, 1.82) is 0 Å². The molecule has 2 aromatic carbocycles. The number of pyridine rings is 1. The highest BCUT2D eigenvalue weighted by atomic mass is 35.5. The number of hydrogen-bond donors (Lipinski definition) is 3. The second-order valence-corrected chi connectivity index (χ2v) is 12.7. The van der Waals surface area contributed by atoms with Gasteiger partial charge >= 0.3 is 6.03 Å². The SMILES string of the molecule is CCCNC(=O)NS(=O)(=O)c1cccc2c1CC(=CCCN1CCC(O)(c3ccc(Cl)cc3)CC1)c1cccnc1O2. The maximum atomic E-state index is 13.3. The molecule has 1 aromatic heterocycles. The number of piperidine rings is 1. The van der Waals surface area contributed by atoms with Crippen LogP contribution in [0.4, 0.5) is 4.79 Å². The summed E-state index contributed by atoms with van der Waals surface area (Å²) in [6.45, 7) is 4.53. The van der Waals surface area contributed by atoms with E-state index in [1.807, 2.05) is 43.3 Å². The lowest BCUT2D eigenvalue weighted by Gasteiger charge is -2.38. The summed E-state index contributed by atoms with van der Waals surface area (Å²) in [5.41, 5.74) is 2.17. The highest BCUT2D eigenvalue weighted by Crippen LogP contribution is 2.40. The molecule has 0 radical (unpaired) electrons. The predicted molar refractivity (Wildman–Crippen MR) is 162 cm³/mol. The van der Waals surface area contributed by atoms with E-state index in [1.54, 1.807) is 18.3 Å². The van der Waals surface area contributed by atoms with Crippen LogP contribution >= 0.6 is 11.6 Å². The third-order valence-corrected chi connectivity index (χ3v) is 9.40. The Bertz CT molecular complexity index is 1570. The third kappa shape index (κ3) is 6.78. The van der Waals surface area contributed by atoms with Crippen molar-refractivity contribution in [3.05, 3.63) is 88.6 Å². The molecule has 0 aliphatic carbocycles. The third-order valence-electron chi connectivity index (χ3n) is 7.73. The Labute approximate surface area is 251 Å². The topological polar surface area (TPSA) is 121 Å². The van der Waals surface area contributed by atoms with Gasteiger partial charge < -0.3 is 20.1 Å². The molecule has 11 heteroatoms. The lowest BCUT2D eigenvalue weighted by molar-refractivity contribution is -0.0254. The van der Waals surface area contributed by atoms with Crippen LogP contribution in [0.25, 0.3) is 5.57 Å². The van der Waals surface area contributed by atoms with Crippen LogP contribution in [0.3, 0.4) is 0 Å². The van der Waals surface area contributed by atoms with Crippen LogP contribution in [-0.2, 0) is 22.0 Å². The quantitative estimate of drug-likeness (QED) is 0.319. The van der Waals surface area contributed by atoms with Crippen molar-refractivity contribution >= 4 is 33.2 Å². The van der Waals surface area contributed by atoms with Gasteiger partial charge in [-0.2, -0.15) is 0 Å². The Morgan fingerprint density at radius 1 is 1.14 bits per heavy atom. The number of nitrogens with zero attached hydrogens (tertiary/aromatic N) is 2. The van der Waals surface area contributed by atoms with E-state index < -0.39 is 21.7 Å². The van der Waals surface area contributed by atoms with Gasteiger partial charge in [-0.05, 0) is 73.2 Å². The van der Waals surface area contributed by atoms with E-state index >= 15 is 0 Å². The van der Waals surface area contributed by atoms with E-state index in [0.29, 0.717) is 54.4 Å². The van der Waals surface area contributed by atoms with Crippen molar-refractivity contribution in [2.75, 3.05) is 26.2 Å². The Balaban J connectivity index is 1.33. The van der Waals surface area contributed by atoms with Crippen LogP contribution < -0.4 is 14.8 Å². The number of amides is 2. The number of fused-ring (bicyclic) bond motifs is 2. The second-order valence-electron chi connectivity index (χ2n) is 10.6. The Hall–Kier alpha value is -3.44. The summed E-state index contributed by atoms with van der Waals surface area (Å²) in [5, 5.41) is 14.4. The van der Waals surface area contributed by atoms with E-state index in [2.05, 4.69) is 26.0 Å². The number of ether oxygens (including phenoxy) is 1. The fourth-order valence-corrected chi connectivity index (χ4v) is 6.73. The number of likely N-dealkylation sites (tertiary alicyclic amines) is 1. The molecule has 0 spiro atoms. The van der Waals surface area contributed by atoms with Gasteiger partial charge in [-0.15, -0.1) is 0 Å². The Morgan fingerprint density at radius 2 is 1.90 bits per heavy atom. The largest absolute Gasteiger partial charge is 0.438 e. The molecule has 5 rings (SSSR count).